The maximum atomic E-state index is 6.27. The van der Waals surface area contributed by atoms with Crippen molar-refractivity contribution in [1.29, 1.82) is 0 Å². The summed E-state index contributed by atoms with van der Waals surface area (Å²) in [6.45, 7) is 0. The Hall–Kier alpha value is -6.85. The van der Waals surface area contributed by atoms with Crippen molar-refractivity contribution in [3.8, 4) is 34.2 Å². The van der Waals surface area contributed by atoms with E-state index in [0.717, 1.165) is 66.0 Å². The Morgan fingerprint density at radius 3 is 1.48 bits per heavy atom. The Morgan fingerprint density at radius 1 is 0.320 bits per heavy atom. The standard InChI is InChI=1S/C45H25N3O2/c1-2-10-30-26(9-1)19-20-27-21-22-28-25-29(23-24-31(28)40(27)30)43-46-44(34-13-7-17-38-41(34)32-11-3-5-15-36(32)49-38)48-45(47-43)35-14-8-18-39-42(35)33-12-4-6-16-37(33)50-39/h1-25H. The molecule has 0 spiro atoms. The van der Waals surface area contributed by atoms with Gasteiger partial charge in [0.05, 0.1) is 0 Å². The van der Waals surface area contributed by atoms with Gasteiger partial charge in [-0.25, -0.2) is 15.0 Å². The van der Waals surface area contributed by atoms with Crippen molar-refractivity contribution in [2.75, 3.05) is 0 Å². The van der Waals surface area contributed by atoms with Gasteiger partial charge in [0.15, 0.2) is 17.5 Å². The maximum Gasteiger partial charge on any atom is 0.164 e. The van der Waals surface area contributed by atoms with Crippen LogP contribution in [0.2, 0.25) is 0 Å². The van der Waals surface area contributed by atoms with Gasteiger partial charge in [0, 0.05) is 38.2 Å². The van der Waals surface area contributed by atoms with Crippen LogP contribution >= 0.6 is 0 Å². The summed E-state index contributed by atoms with van der Waals surface area (Å²) in [6.07, 6.45) is 0. The van der Waals surface area contributed by atoms with Gasteiger partial charge in [0.1, 0.15) is 22.3 Å². The Balaban J connectivity index is 1.19. The second-order valence-electron chi connectivity index (χ2n) is 12.7. The average Bonchev–Trinajstić information content (AvgIpc) is 3.76. The number of rotatable bonds is 3. The van der Waals surface area contributed by atoms with Crippen molar-refractivity contribution in [1.82, 2.24) is 15.0 Å². The van der Waals surface area contributed by atoms with E-state index in [-0.39, 0.29) is 0 Å². The summed E-state index contributed by atoms with van der Waals surface area (Å²) in [5.41, 5.74) is 5.93. The van der Waals surface area contributed by atoms with Crippen LogP contribution < -0.4 is 0 Å². The van der Waals surface area contributed by atoms with Gasteiger partial charge in [0.25, 0.3) is 0 Å². The molecule has 0 radical (unpaired) electrons. The molecule has 50 heavy (non-hydrogen) atoms. The highest BCUT2D eigenvalue weighted by Crippen LogP contribution is 2.40. The summed E-state index contributed by atoms with van der Waals surface area (Å²) < 4.78 is 12.5. The first-order valence-electron chi connectivity index (χ1n) is 16.7. The van der Waals surface area contributed by atoms with Gasteiger partial charge in [0.2, 0.25) is 0 Å². The first-order valence-corrected chi connectivity index (χ1v) is 16.7. The molecule has 5 nitrogen and oxygen atoms in total. The van der Waals surface area contributed by atoms with Gasteiger partial charge in [-0.2, -0.15) is 0 Å². The van der Waals surface area contributed by atoms with Crippen LogP contribution in [0, 0.1) is 0 Å². The molecule has 0 unspecified atom stereocenters. The van der Waals surface area contributed by atoms with Crippen molar-refractivity contribution in [3.05, 3.63) is 152 Å². The zero-order valence-electron chi connectivity index (χ0n) is 26.6. The van der Waals surface area contributed by atoms with Crippen molar-refractivity contribution in [2.45, 2.75) is 0 Å². The lowest BCUT2D eigenvalue weighted by molar-refractivity contribution is 0.668. The van der Waals surface area contributed by atoms with Crippen LogP contribution in [0.15, 0.2) is 160 Å². The molecule has 11 aromatic rings. The fraction of sp³-hybridized carbons (Fsp3) is 0. The molecule has 0 fully saturated rings. The Morgan fingerprint density at radius 2 is 0.820 bits per heavy atom. The molecule has 0 saturated carbocycles. The van der Waals surface area contributed by atoms with E-state index in [9.17, 15) is 0 Å². The van der Waals surface area contributed by atoms with Crippen LogP contribution in [0.4, 0.5) is 0 Å². The predicted octanol–water partition coefficient (Wildman–Crippen LogP) is 12.1. The van der Waals surface area contributed by atoms with E-state index in [1.54, 1.807) is 0 Å². The summed E-state index contributed by atoms with van der Waals surface area (Å²) in [6, 6.07) is 52.2. The highest BCUT2D eigenvalue weighted by Gasteiger charge is 2.20. The molecule has 3 heterocycles. The Kier molecular flexibility index (Phi) is 5.60. The Bertz CT molecular complexity index is 3040. The third-order valence-electron chi connectivity index (χ3n) is 9.91. The van der Waals surface area contributed by atoms with Gasteiger partial charge in [-0.15, -0.1) is 0 Å². The largest absolute Gasteiger partial charge is 0.456 e. The zero-order chi connectivity index (χ0) is 32.8. The summed E-state index contributed by atoms with van der Waals surface area (Å²) in [5, 5.41) is 11.3. The van der Waals surface area contributed by atoms with Gasteiger partial charge in [-0.05, 0) is 62.6 Å². The fourth-order valence-electron chi connectivity index (χ4n) is 7.64. The highest BCUT2D eigenvalue weighted by atomic mass is 16.3. The molecule has 232 valence electrons. The second-order valence-corrected chi connectivity index (χ2v) is 12.7. The lowest BCUT2D eigenvalue weighted by Crippen LogP contribution is -2.01. The number of benzene rings is 8. The molecule has 0 aliphatic heterocycles. The zero-order valence-corrected chi connectivity index (χ0v) is 26.6. The second kappa shape index (κ2) is 10.3. The Labute approximate surface area is 285 Å². The molecular weight excluding hydrogens is 615 g/mol. The quantitative estimate of drug-likeness (QED) is 0.180. The molecule has 3 aromatic heterocycles. The number of aromatic nitrogens is 3. The van der Waals surface area contributed by atoms with Crippen LogP contribution in [-0.2, 0) is 0 Å². The third-order valence-corrected chi connectivity index (χ3v) is 9.91. The lowest BCUT2D eigenvalue weighted by atomic mass is 9.95. The number of nitrogens with zero attached hydrogens (tertiary/aromatic N) is 3. The third kappa shape index (κ3) is 3.98. The first kappa shape index (κ1) is 27.1. The molecule has 0 aliphatic rings. The van der Waals surface area contributed by atoms with E-state index < -0.39 is 0 Å². The van der Waals surface area contributed by atoms with Crippen LogP contribution in [0.1, 0.15) is 0 Å². The maximum absolute atomic E-state index is 6.27. The molecule has 5 heteroatoms. The monoisotopic (exact) mass is 639 g/mol. The van der Waals surface area contributed by atoms with Crippen molar-refractivity contribution in [3.63, 3.8) is 0 Å². The van der Waals surface area contributed by atoms with E-state index in [1.807, 2.05) is 60.7 Å². The molecule has 0 bridgehead atoms. The van der Waals surface area contributed by atoms with Crippen molar-refractivity contribution in [2.24, 2.45) is 0 Å². The smallest absolute Gasteiger partial charge is 0.164 e. The average molecular weight is 640 g/mol. The summed E-state index contributed by atoms with van der Waals surface area (Å²) >= 11 is 0. The summed E-state index contributed by atoms with van der Waals surface area (Å²) in [5.74, 6) is 1.76. The number of furan rings is 2. The van der Waals surface area contributed by atoms with Gasteiger partial charge in [-0.3, -0.25) is 0 Å². The molecule has 0 atom stereocenters. The molecule has 8 aromatic carbocycles. The number of hydrogen-bond donors (Lipinski definition) is 0. The number of hydrogen-bond acceptors (Lipinski definition) is 5. The highest BCUT2D eigenvalue weighted by molar-refractivity contribution is 6.20. The lowest BCUT2D eigenvalue weighted by Gasteiger charge is -2.12. The minimum Gasteiger partial charge on any atom is -0.456 e. The molecule has 0 aliphatic carbocycles. The molecule has 11 rings (SSSR count). The molecular formula is C45H25N3O2. The van der Waals surface area contributed by atoms with Gasteiger partial charge in [-0.1, -0.05) is 121 Å². The minimum absolute atomic E-state index is 0.580. The minimum atomic E-state index is 0.580. The normalized spacial score (nSPS) is 12.0. The molecule has 0 amide bonds. The van der Waals surface area contributed by atoms with Crippen LogP contribution in [0.25, 0.3) is 110 Å². The summed E-state index contributed by atoms with van der Waals surface area (Å²) in [7, 11) is 0. The first-order chi connectivity index (χ1) is 24.8. The molecule has 0 N–H and O–H groups in total. The van der Waals surface area contributed by atoms with E-state index in [1.165, 1.54) is 26.9 Å². The van der Waals surface area contributed by atoms with Crippen LogP contribution in [0.3, 0.4) is 0 Å². The van der Waals surface area contributed by atoms with Crippen LogP contribution in [-0.4, -0.2) is 15.0 Å². The van der Waals surface area contributed by atoms with Crippen molar-refractivity contribution < 1.29 is 8.83 Å². The van der Waals surface area contributed by atoms with Crippen molar-refractivity contribution >= 4 is 76.2 Å². The molecule has 0 saturated heterocycles. The summed E-state index contributed by atoms with van der Waals surface area (Å²) in [4.78, 5) is 15.6. The van der Waals surface area contributed by atoms with E-state index in [0.29, 0.717) is 17.5 Å². The van der Waals surface area contributed by atoms with Gasteiger partial charge < -0.3 is 8.83 Å². The SMILES string of the molecule is c1ccc2c(c1)ccc1ccc3cc(-c4nc(-c5cccc6oc7ccccc7c56)nc(-c5cccc6oc7ccccc7c56)n4)ccc3c12. The topological polar surface area (TPSA) is 65.0 Å². The van der Waals surface area contributed by atoms with Crippen LogP contribution in [0.5, 0.6) is 0 Å². The van der Waals surface area contributed by atoms with E-state index in [2.05, 4.69) is 91.0 Å². The van der Waals surface area contributed by atoms with E-state index >= 15 is 0 Å². The fourth-order valence-corrected chi connectivity index (χ4v) is 7.64. The predicted molar refractivity (Wildman–Crippen MR) is 203 cm³/mol. The van der Waals surface area contributed by atoms with E-state index in [4.69, 9.17) is 23.8 Å². The van der Waals surface area contributed by atoms with Gasteiger partial charge >= 0.3 is 0 Å². The number of fused-ring (bicyclic) bond motifs is 11. The number of para-hydroxylation sites is 2.